The Morgan fingerprint density at radius 2 is 2.06 bits per heavy atom. The van der Waals surface area contributed by atoms with Crippen molar-refractivity contribution in [2.75, 3.05) is 0 Å². The molecular formula is C14H12O3. The third kappa shape index (κ3) is 1.80. The molecule has 86 valence electrons. The first-order valence-electron chi connectivity index (χ1n) is 5.42. The quantitative estimate of drug-likeness (QED) is 0.822. The van der Waals surface area contributed by atoms with Gasteiger partial charge in [-0.05, 0) is 22.8 Å². The van der Waals surface area contributed by atoms with Crippen molar-refractivity contribution in [2.45, 2.75) is 13.3 Å². The highest BCUT2D eigenvalue weighted by molar-refractivity contribution is 6.08. The van der Waals surface area contributed by atoms with Crippen LogP contribution in [0.15, 0.2) is 30.3 Å². The van der Waals surface area contributed by atoms with Crippen molar-refractivity contribution in [1.82, 2.24) is 0 Å². The average Bonchev–Trinajstić information content (AvgIpc) is 2.35. The minimum absolute atomic E-state index is 0.126. The molecule has 0 fully saturated rings. The summed E-state index contributed by atoms with van der Waals surface area (Å²) in [7, 11) is 0. The molecule has 0 aliphatic rings. The van der Waals surface area contributed by atoms with Gasteiger partial charge in [0.2, 0.25) is 0 Å². The summed E-state index contributed by atoms with van der Waals surface area (Å²) in [4.78, 5) is 22.4. The van der Waals surface area contributed by atoms with E-state index in [1.54, 1.807) is 12.1 Å². The maximum Gasteiger partial charge on any atom is 0.336 e. The Morgan fingerprint density at radius 1 is 1.35 bits per heavy atom. The maximum absolute atomic E-state index is 11.2. The molecule has 0 saturated heterocycles. The molecule has 0 spiro atoms. The number of aldehydes is 1. The van der Waals surface area contributed by atoms with Gasteiger partial charge in [-0.2, -0.15) is 0 Å². The summed E-state index contributed by atoms with van der Waals surface area (Å²) >= 11 is 0. The Hall–Kier alpha value is -2.16. The number of aromatic carboxylic acids is 1. The highest BCUT2D eigenvalue weighted by Gasteiger charge is 2.17. The van der Waals surface area contributed by atoms with Crippen LogP contribution >= 0.6 is 0 Å². The molecule has 0 radical (unpaired) electrons. The van der Waals surface area contributed by atoms with Gasteiger partial charge in [-0.15, -0.1) is 0 Å². The van der Waals surface area contributed by atoms with E-state index < -0.39 is 5.97 Å². The van der Waals surface area contributed by atoms with Crippen LogP contribution in [0.2, 0.25) is 0 Å². The van der Waals surface area contributed by atoms with Crippen LogP contribution < -0.4 is 0 Å². The van der Waals surface area contributed by atoms with Crippen LogP contribution in [0.25, 0.3) is 10.8 Å². The summed E-state index contributed by atoms with van der Waals surface area (Å²) in [6, 6.07) is 9.16. The van der Waals surface area contributed by atoms with Crippen LogP contribution in [-0.4, -0.2) is 17.4 Å². The van der Waals surface area contributed by atoms with Crippen molar-refractivity contribution < 1.29 is 14.7 Å². The Labute approximate surface area is 98.7 Å². The van der Waals surface area contributed by atoms with Crippen LogP contribution in [0.4, 0.5) is 0 Å². The zero-order valence-corrected chi connectivity index (χ0v) is 9.43. The molecule has 3 heteroatoms. The number of benzene rings is 2. The summed E-state index contributed by atoms with van der Waals surface area (Å²) in [5, 5.41) is 10.8. The van der Waals surface area contributed by atoms with Crippen LogP contribution in [0, 0.1) is 0 Å². The van der Waals surface area contributed by atoms with Crippen molar-refractivity contribution in [3.05, 3.63) is 47.0 Å². The fraction of sp³-hybridized carbons (Fsp3) is 0.143. The Kier molecular flexibility index (Phi) is 2.91. The second-order valence-corrected chi connectivity index (χ2v) is 3.82. The Bertz CT molecular complexity index is 600. The van der Waals surface area contributed by atoms with Crippen LogP contribution in [-0.2, 0) is 6.42 Å². The van der Waals surface area contributed by atoms with Crippen LogP contribution in [0.3, 0.4) is 0 Å². The molecule has 2 rings (SSSR count). The van der Waals surface area contributed by atoms with E-state index in [1.807, 2.05) is 25.1 Å². The molecule has 0 amide bonds. The second kappa shape index (κ2) is 4.37. The highest BCUT2D eigenvalue weighted by Crippen LogP contribution is 2.25. The van der Waals surface area contributed by atoms with E-state index in [0.29, 0.717) is 23.7 Å². The number of rotatable bonds is 3. The molecule has 0 saturated carbocycles. The summed E-state index contributed by atoms with van der Waals surface area (Å²) in [6.45, 7) is 1.88. The predicted octanol–water partition coefficient (Wildman–Crippen LogP) is 2.91. The molecule has 0 heterocycles. The molecule has 17 heavy (non-hydrogen) atoms. The molecule has 0 aromatic heterocycles. The monoisotopic (exact) mass is 228 g/mol. The van der Waals surface area contributed by atoms with Crippen molar-refractivity contribution in [3.8, 4) is 0 Å². The Balaban J connectivity index is 2.94. The van der Waals surface area contributed by atoms with Gasteiger partial charge in [-0.3, -0.25) is 4.79 Å². The molecule has 3 nitrogen and oxygen atoms in total. The van der Waals surface area contributed by atoms with E-state index in [2.05, 4.69) is 0 Å². The number of carbonyl (C=O) groups is 2. The molecule has 0 aliphatic heterocycles. The number of carbonyl (C=O) groups excluding carboxylic acids is 1. The number of hydrogen-bond acceptors (Lipinski definition) is 2. The fourth-order valence-corrected chi connectivity index (χ4v) is 2.09. The molecule has 1 N–H and O–H groups in total. The highest BCUT2D eigenvalue weighted by atomic mass is 16.4. The number of fused-ring (bicyclic) bond motifs is 1. The largest absolute Gasteiger partial charge is 0.478 e. The van der Waals surface area contributed by atoms with E-state index in [0.717, 1.165) is 5.39 Å². The second-order valence-electron chi connectivity index (χ2n) is 3.82. The van der Waals surface area contributed by atoms with Gasteiger partial charge in [0.25, 0.3) is 0 Å². The van der Waals surface area contributed by atoms with Crippen molar-refractivity contribution in [1.29, 1.82) is 0 Å². The normalized spacial score (nSPS) is 10.4. The topological polar surface area (TPSA) is 54.4 Å². The zero-order chi connectivity index (χ0) is 12.4. The van der Waals surface area contributed by atoms with E-state index in [9.17, 15) is 14.7 Å². The zero-order valence-electron chi connectivity index (χ0n) is 9.43. The summed E-state index contributed by atoms with van der Waals surface area (Å²) in [5.74, 6) is -1.05. The molecule has 2 aromatic carbocycles. The van der Waals surface area contributed by atoms with Gasteiger partial charge in [0.05, 0.1) is 5.56 Å². The standard InChI is InChI=1S/C14H12O3/c1-2-9-7-10-5-3-4-6-11(10)12(8-15)13(9)14(16)17/h3-8H,2H2,1H3,(H,16,17). The van der Waals surface area contributed by atoms with Crippen molar-refractivity contribution in [2.24, 2.45) is 0 Å². The average molecular weight is 228 g/mol. The fourth-order valence-electron chi connectivity index (χ4n) is 2.09. The molecule has 0 unspecified atom stereocenters. The molecule has 2 aromatic rings. The number of aryl methyl sites for hydroxylation is 1. The van der Waals surface area contributed by atoms with Gasteiger partial charge in [0, 0.05) is 5.56 Å². The van der Waals surface area contributed by atoms with Gasteiger partial charge >= 0.3 is 5.97 Å². The molecule has 0 bridgehead atoms. The third-order valence-corrected chi connectivity index (χ3v) is 2.88. The lowest BCUT2D eigenvalue weighted by Crippen LogP contribution is -2.07. The van der Waals surface area contributed by atoms with Gasteiger partial charge in [0.15, 0.2) is 6.29 Å². The van der Waals surface area contributed by atoms with E-state index >= 15 is 0 Å². The summed E-state index contributed by atoms with van der Waals surface area (Å²) < 4.78 is 0. The van der Waals surface area contributed by atoms with Gasteiger partial charge < -0.3 is 5.11 Å². The van der Waals surface area contributed by atoms with E-state index in [1.165, 1.54) is 0 Å². The maximum atomic E-state index is 11.2. The van der Waals surface area contributed by atoms with E-state index in [-0.39, 0.29) is 11.1 Å². The number of carboxylic acid groups (broad SMARTS) is 1. The molecule has 0 aliphatic carbocycles. The summed E-state index contributed by atoms with van der Waals surface area (Å²) in [5.41, 5.74) is 1.09. The van der Waals surface area contributed by atoms with Crippen molar-refractivity contribution >= 4 is 23.0 Å². The summed E-state index contributed by atoms with van der Waals surface area (Å²) in [6.07, 6.45) is 1.22. The number of hydrogen-bond donors (Lipinski definition) is 1. The lowest BCUT2D eigenvalue weighted by Gasteiger charge is -2.10. The van der Waals surface area contributed by atoms with Gasteiger partial charge in [-0.25, -0.2) is 4.79 Å². The lowest BCUT2D eigenvalue weighted by molar-refractivity contribution is 0.0693. The minimum Gasteiger partial charge on any atom is -0.478 e. The molecular weight excluding hydrogens is 216 g/mol. The number of carboxylic acids is 1. The lowest BCUT2D eigenvalue weighted by atomic mass is 9.93. The SMILES string of the molecule is CCc1cc2ccccc2c(C=O)c1C(=O)O. The Morgan fingerprint density at radius 3 is 2.65 bits per heavy atom. The van der Waals surface area contributed by atoms with Gasteiger partial charge in [-0.1, -0.05) is 37.3 Å². The first-order chi connectivity index (χ1) is 8.19. The molecule has 0 atom stereocenters. The van der Waals surface area contributed by atoms with Crippen LogP contribution in [0.5, 0.6) is 0 Å². The third-order valence-electron chi connectivity index (χ3n) is 2.88. The van der Waals surface area contributed by atoms with Gasteiger partial charge in [0.1, 0.15) is 0 Å². The smallest absolute Gasteiger partial charge is 0.336 e. The first-order valence-corrected chi connectivity index (χ1v) is 5.42. The van der Waals surface area contributed by atoms with E-state index in [4.69, 9.17) is 0 Å². The first kappa shape index (κ1) is 11.3. The predicted molar refractivity (Wildman–Crippen MR) is 65.7 cm³/mol. The minimum atomic E-state index is -1.05. The van der Waals surface area contributed by atoms with Crippen molar-refractivity contribution in [3.63, 3.8) is 0 Å². The van der Waals surface area contributed by atoms with Crippen LogP contribution in [0.1, 0.15) is 33.2 Å².